The molecule has 3 rings (SSSR count). The van der Waals surface area contributed by atoms with Gasteiger partial charge < -0.3 is 10.1 Å². The molecule has 0 aliphatic rings. The first-order valence-corrected chi connectivity index (χ1v) is 11.6. The van der Waals surface area contributed by atoms with Crippen molar-refractivity contribution in [3.05, 3.63) is 89.2 Å². The highest BCUT2D eigenvalue weighted by Gasteiger charge is 2.24. The number of sulfonamides is 1. The van der Waals surface area contributed by atoms with Crippen LogP contribution in [0.15, 0.2) is 77.7 Å². The molecule has 3 aromatic carbocycles. The van der Waals surface area contributed by atoms with Crippen LogP contribution in [-0.2, 0) is 19.6 Å². The topological polar surface area (TPSA) is 92.8 Å². The van der Waals surface area contributed by atoms with Crippen LogP contribution in [0.25, 0.3) is 0 Å². The molecule has 0 heterocycles. The average Bonchev–Trinajstić information content (AvgIpc) is 2.80. The number of nitrogens with zero attached hydrogens (tertiary/aromatic N) is 1. The van der Waals surface area contributed by atoms with Crippen molar-refractivity contribution in [3.63, 3.8) is 0 Å². The van der Waals surface area contributed by atoms with Crippen molar-refractivity contribution in [3.8, 4) is 0 Å². The van der Waals surface area contributed by atoms with Gasteiger partial charge in [-0.05, 0) is 55.5 Å². The standard InChI is InChI=1S/C23H20ClFN2O5S/c1-2-27(18-9-4-3-5-10-18)33(30,31)19-11-12-20(24)21(14-19)26-22(28)15-32-23(29)16-7-6-8-17(25)13-16/h3-14H,2,15H2,1H3,(H,26,28). The van der Waals surface area contributed by atoms with Gasteiger partial charge in [0.2, 0.25) is 0 Å². The first-order valence-electron chi connectivity index (χ1n) is 9.82. The van der Waals surface area contributed by atoms with Gasteiger partial charge in [-0.3, -0.25) is 9.10 Å². The van der Waals surface area contributed by atoms with Gasteiger partial charge in [0, 0.05) is 6.54 Å². The second-order valence-electron chi connectivity index (χ2n) is 6.78. The van der Waals surface area contributed by atoms with E-state index < -0.39 is 34.3 Å². The molecule has 0 aliphatic heterocycles. The van der Waals surface area contributed by atoms with Crippen LogP contribution in [0, 0.1) is 5.82 Å². The van der Waals surface area contributed by atoms with Gasteiger partial charge in [0.25, 0.3) is 15.9 Å². The fraction of sp³-hybridized carbons (Fsp3) is 0.130. The normalized spacial score (nSPS) is 11.0. The van der Waals surface area contributed by atoms with Gasteiger partial charge in [0.1, 0.15) is 5.82 Å². The minimum atomic E-state index is -3.94. The lowest BCUT2D eigenvalue weighted by molar-refractivity contribution is -0.119. The minimum absolute atomic E-state index is 0.0358. The largest absolute Gasteiger partial charge is 0.452 e. The lowest BCUT2D eigenvalue weighted by atomic mass is 10.2. The number of halogens is 2. The van der Waals surface area contributed by atoms with E-state index in [2.05, 4.69) is 5.32 Å². The Morgan fingerprint density at radius 3 is 2.42 bits per heavy atom. The number of carbonyl (C=O) groups is 2. The number of carbonyl (C=O) groups excluding carboxylic acids is 2. The van der Waals surface area contributed by atoms with Crippen LogP contribution in [0.3, 0.4) is 0 Å². The molecular weight excluding hydrogens is 471 g/mol. The molecule has 0 unspecified atom stereocenters. The van der Waals surface area contributed by atoms with Crippen LogP contribution in [0.1, 0.15) is 17.3 Å². The van der Waals surface area contributed by atoms with Crippen molar-refractivity contribution < 1.29 is 27.1 Å². The highest BCUT2D eigenvalue weighted by atomic mass is 35.5. The number of hydrogen-bond acceptors (Lipinski definition) is 5. The van der Waals surface area contributed by atoms with E-state index in [-0.39, 0.29) is 27.7 Å². The van der Waals surface area contributed by atoms with Gasteiger partial charge in [0.05, 0.1) is 26.9 Å². The average molecular weight is 491 g/mol. The molecule has 0 bridgehead atoms. The van der Waals surface area contributed by atoms with Gasteiger partial charge in [-0.1, -0.05) is 35.9 Å². The molecule has 0 atom stereocenters. The van der Waals surface area contributed by atoms with E-state index >= 15 is 0 Å². The van der Waals surface area contributed by atoms with Crippen LogP contribution < -0.4 is 9.62 Å². The van der Waals surface area contributed by atoms with E-state index in [4.69, 9.17) is 16.3 Å². The van der Waals surface area contributed by atoms with Crippen molar-refractivity contribution >= 4 is 44.9 Å². The number of para-hydroxylation sites is 1. The van der Waals surface area contributed by atoms with Gasteiger partial charge in [-0.15, -0.1) is 0 Å². The lowest BCUT2D eigenvalue weighted by Gasteiger charge is -2.23. The molecule has 172 valence electrons. The first kappa shape index (κ1) is 24.2. The molecule has 0 saturated carbocycles. The second-order valence-corrected chi connectivity index (χ2v) is 9.05. The summed E-state index contributed by atoms with van der Waals surface area (Å²) in [6.45, 7) is 1.22. The van der Waals surface area contributed by atoms with Gasteiger partial charge >= 0.3 is 5.97 Å². The van der Waals surface area contributed by atoms with Crippen LogP contribution in [-0.4, -0.2) is 33.4 Å². The molecule has 0 fully saturated rings. The van der Waals surface area contributed by atoms with E-state index in [9.17, 15) is 22.4 Å². The van der Waals surface area contributed by atoms with E-state index in [0.717, 1.165) is 6.07 Å². The van der Waals surface area contributed by atoms with Gasteiger partial charge in [-0.2, -0.15) is 0 Å². The Kier molecular flexibility index (Phi) is 7.67. The minimum Gasteiger partial charge on any atom is -0.452 e. The van der Waals surface area contributed by atoms with Crippen LogP contribution in [0.2, 0.25) is 5.02 Å². The first-order chi connectivity index (χ1) is 15.7. The molecule has 10 heteroatoms. The maximum absolute atomic E-state index is 13.2. The van der Waals surface area contributed by atoms with Crippen molar-refractivity contribution in [1.29, 1.82) is 0 Å². The highest BCUT2D eigenvalue weighted by molar-refractivity contribution is 7.92. The summed E-state index contributed by atoms with van der Waals surface area (Å²) in [5, 5.41) is 2.53. The van der Waals surface area contributed by atoms with Crippen LogP contribution in [0.4, 0.5) is 15.8 Å². The lowest BCUT2D eigenvalue weighted by Crippen LogP contribution is -2.30. The van der Waals surface area contributed by atoms with Crippen molar-refractivity contribution in [2.75, 3.05) is 22.8 Å². The summed E-state index contributed by atoms with van der Waals surface area (Å²) < 4.78 is 45.7. The number of ether oxygens (including phenoxy) is 1. The van der Waals surface area contributed by atoms with E-state index in [1.165, 1.54) is 40.7 Å². The number of amides is 1. The third kappa shape index (κ3) is 5.88. The zero-order valence-electron chi connectivity index (χ0n) is 17.5. The Hall–Kier alpha value is -3.43. The molecule has 1 amide bonds. The van der Waals surface area contributed by atoms with E-state index in [0.29, 0.717) is 5.69 Å². The van der Waals surface area contributed by atoms with Crippen LogP contribution >= 0.6 is 11.6 Å². The number of nitrogens with one attached hydrogen (secondary N) is 1. The SMILES string of the molecule is CCN(c1ccccc1)S(=O)(=O)c1ccc(Cl)c(NC(=O)COC(=O)c2cccc(F)c2)c1. The fourth-order valence-corrected chi connectivity index (χ4v) is 4.65. The van der Waals surface area contributed by atoms with Crippen molar-refractivity contribution in [2.24, 2.45) is 0 Å². The smallest absolute Gasteiger partial charge is 0.338 e. The Morgan fingerprint density at radius 2 is 1.76 bits per heavy atom. The Balaban J connectivity index is 1.74. The monoisotopic (exact) mass is 490 g/mol. The number of rotatable bonds is 8. The van der Waals surface area contributed by atoms with Crippen molar-refractivity contribution in [1.82, 2.24) is 0 Å². The third-order valence-electron chi connectivity index (χ3n) is 4.53. The summed E-state index contributed by atoms with van der Waals surface area (Å²) >= 11 is 6.12. The van der Waals surface area contributed by atoms with Crippen LogP contribution in [0.5, 0.6) is 0 Å². The Bertz CT molecular complexity index is 1270. The number of esters is 1. The molecule has 33 heavy (non-hydrogen) atoms. The number of hydrogen-bond donors (Lipinski definition) is 1. The highest BCUT2D eigenvalue weighted by Crippen LogP contribution is 2.29. The van der Waals surface area contributed by atoms with Gasteiger partial charge in [0.15, 0.2) is 6.61 Å². The molecule has 3 aromatic rings. The molecule has 0 radical (unpaired) electrons. The third-order valence-corrected chi connectivity index (χ3v) is 6.75. The summed E-state index contributed by atoms with van der Waals surface area (Å²) in [5.41, 5.74) is 0.480. The Morgan fingerprint density at radius 1 is 1.03 bits per heavy atom. The zero-order chi connectivity index (χ0) is 24.0. The zero-order valence-corrected chi connectivity index (χ0v) is 19.1. The molecule has 7 nitrogen and oxygen atoms in total. The van der Waals surface area contributed by atoms with E-state index in [1.54, 1.807) is 37.3 Å². The summed E-state index contributed by atoms with van der Waals surface area (Å²) in [6.07, 6.45) is 0. The van der Waals surface area contributed by atoms with Crippen molar-refractivity contribution in [2.45, 2.75) is 11.8 Å². The number of benzene rings is 3. The van der Waals surface area contributed by atoms with Gasteiger partial charge in [-0.25, -0.2) is 17.6 Å². The quantitative estimate of drug-likeness (QED) is 0.470. The molecule has 0 spiro atoms. The summed E-state index contributed by atoms with van der Waals surface area (Å²) in [7, 11) is -3.94. The molecule has 0 aromatic heterocycles. The Labute approximate surface area is 195 Å². The van der Waals surface area contributed by atoms with E-state index in [1.807, 2.05) is 0 Å². The fourth-order valence-electron chi connectivity index (χ4n) is 2.99. The predicted octanol–water partition coefficient (Wildman–Crippen LogP) is 4.49. The second kappa shape index (κ2) is 10.5. The molecule has 1 N–H and O–H groups in total. The molecule has 0 saturated heterocycles. The maximum Gasteiger partial charge on any atom is 0.338 e. The predicted molar refractivity (Wildman–Crippen MR) is 123 cm³/mol. The summed E-state index contributed by atoms with van der Waals surface area (Å²) in [5.74, 6) is -2.24. The number of anilines is 2. The summed E-state index contributed by atoms with van der Waals surface area (Å²) in [6, 6.07) is 17.3. The molecular formula is C23H20ClFN2O5S. The maximum atomic E-state index is 13.2. The summed E-state index contributed by atoms with van der Waals surface area (Å²) in [4.78, 5) is 24.1. The molecule has 0 aliphatic carbocycles.